The van der Waals surface area contributed by atoms with E-state index >= 15 is 0 Å². The lowest BCUT2D eigenvalue weighted by Crippen LogP contribution is -2.03. The number of rotatable bonds is 3. The number of methoxy groups -OCH3 is 1. The number of hydrogen-bond donors (Lipinski definition) is 1. The van der Waals surface area contributed by atoms with E-state index in [0.29, 0.717) is 12.0 Å². The van der Waals surface area contributed by atoms with Crippen LogP contribution < -0.4 is 0 Å². The Labute approximate surface area is 89.0 Å². The zero-order valence-electron chi connectivity index (χ0n) is 8.83. The molecule has 0 spiro atoms. The van der Waals surface area contributed by atoms with E-state index in [4.69, 9.17) is 0 Å². The van der Waals surface area contributed by atoms with Crippen molar-refractivity contribution in [3.05, 3.63) is 41.5 Å². The second kappa shape index (κ2) is 4.64. The molecule has 15 heavy (non-hydrogen) atoms. The van der Waals surface area contributed by atoms with Gasteiger partial charge in [-0.3, -0.25) is 0 Å². The Bertz CT molecular complexity index is 394. The van der Waals surface area contributed by atoms with Crippen LogP contribution in [0.25, 0.3) is 0 Å². The minimum atomic E-state index is -0.563. The van der Waals surface area contributed by atoms with Gasteiger partial charge < -0.3 is 9.84 Å². The van der Waals surface area contributed by atoms with Crippen LogP contribution in [-0.2, 0) is 11.2 Å². The maximum atomic E-state index is 11.2. The van der Waals surface area contributed by atoms with E-state index < -0.39 is 5.97 Å². The molecule has 79 valence electrons. The molecule has 1 aromatic rings. The van der Waals surface area contributed by atoms with Crippen molar-refractivity contribution in [1.82, 2.24) is 0 Å². The van der Waals surface area contributed by atoms with E-state index in [-0.39, 0.29) is 11.3 Å². The van der Waals surface area contributed by atoms with Crippen molar-refractivity contribution in [3.8, 4) is 5.75 Å². The van der Waals surface area contributed by atoms with E-state index in [1.165, 1.54) is 13.2 Å². The van der Waals surface area contributed by atoms with Gasteiger partial charge in [-0.05, 0) is 37.1 Å². The number of esters is 1. The second-order valence-corrected chi connectivity index (χ2v) is 3.37. The van der Waals surface area contributed by atoms with Gasteiger partial charge in [0.1, 0.15) is 11.3 Å². The molecule has 1 radical (unpaired) electrons. The molecule has 0 aliphatic carbocycles. The first-order chi connectivity index (χ1) is 7.06. The summed E-state index contributed by atoms with van der Waals surface area (Å²) in [6, 6.07) is 5.83. The number of carbonyl (C=O) groups excluding carboxylic acids is 1. The van der Waals surface area contributed by atoms with Gasteiger partial charge in [0.25, 0.3) is 0 Å². The van der Waals surface area contributed by atoms with Gasteiger partial charge >= 0.3 is 5.97 Å². The standard InChI is InChI=1S/C12H13O3/c1-8(2)7-9-5-4-6-10(11(9)13)12(14)15-3/h5-6,13H,1,7H2,2-3H3. The van der Waals surface area contributed by atoms with Crippen molar-refractivity contribution in [2.45, 2.75) is 13.3 Å². The zero-order chi connectivity index (χ0) is 11.4. The number of aromatic hydroxyl groups is 1. The van der Waals surface area contributed by atoms with Crippen LogP contribution in [0.15, 0.2) is 24.3 Å². The molecule has 3 heteroatoms. The summed E-state index contributed by atoms with van der Waals surface area (Å²) >= 11 is 0. The Morgan fingerprint density at radius 2 is 2.27 bits per heavy atom. The topological polar surface area (TPSA) is 46.5 Å². The lowest BCUT2D eigenvalue weighted by atomic mass is 10.0. The molecular weight excluding hydrogens is 192 g/mol. The fraction of sp³-hybridized carbons (Fsp3) is 0.250. The molecule has 1 aromatic carbocycles. The van der Waals surface area contributed by atoms with Gasteiger partial charge in [0.15, 0.2) is 0 Å². The number of ether oxygens (including phenoxy) is 1. The van der Waals surface area contributed by atoms with Gasteiger partial charge in [-0.2, -0.15) is 0 Å². The van der Waals surface area contributed by atoms with Crippen LogP contribution in [0.1, 0.15) is 22.8 Å². The first kappa shape index (κ1) is 11.3. The molecule has 0 aliphatic heterocycles. The van der Waals surface area contributed by atoms with Crippen LogP contribution in [0, 0.1) is 6.07 Å². The van der Waals surface area contributed by atoms with E-state index in [2.05, 4.69) is 17.4 Å². The van der Waals surface area contributed by atoms with Crippen LogP contribution in [0.4, 0.5) is 0 Å². The molecular formula is C12H13O3. The second-order valence-electron chi connectivity index (χ2n) is 3.37. The Balaban J connectivity index is 3.11. The number of phenols is 1. The molecule has 0 amide bonds. The molecule has 0 aliphatic rings. The van der Waals surface area contributed by atoms with Crippen LogP contribution in [0.3, 0.4) is 0 Å². The average molecular weight is 205 g/mol. The summed E-state index contributed by atoms with van der Waals surface area (Å²) in [4.78, 5) is 11.2. The van der Waals surface area contributed by atoms with E-state index in [9.17, 15) is 9.90 Å². The summed E-state index contributed by atoms with van der Waals surface area (Å²) < 4.78 is 4.54. The quantitative estimate of drug-likeness (QED) is 0.607. The summed E-state index contributed by atoms with van der Waals surface area (Å²) in [5.41, 5.74) is 1.67. The maximum absolute atomic E-state index is 11.2. The van der Waals surface area contributed by atoms with E-state index in [1.54, 1.807) is 6.07 Å². The highest BCUT2D eigenvalue weighted by atomic mass is 16.5. The van der Waals surface area contributed by atoms with Gasteiger partial charge in [-0.15, -0.1) is 0 Å². The van der Waals surface area contributed by atoms with Crippen molar-refractivity contribution in [2.75, 3.05) is 7.11 Å². The largest absolute Gasteiger partial charge is 0.507 e. The Morgan fingerprint density at radius 3 is 2.80 bits per heavy atom. The number of benzene rings is 1. The van der Waals surface area contributed by atoms with Crippen LogP contribution >= 0.6 is 0 Å². The first-order valence-corrected chi connectivity index (χ1v) is 4.51. The van der Waals surface area contributed by atoms with E-state index in [0.717, 1.165) is 5.57 Å². The maximum Gasteiger partial charge on any atom is 0.341 e. The van der Waals surface area contributed by atoms with Gasteiger partial charge in [0.05, 0.1) is 7.11 Å². The Hall–Kier alpha value is -1.77. The van der Waals surface area contributed by atoms with E-state index in [1.807, 2.05) is 6.92 Å². The predicted octanol–water partition coefficient (Wildman–Crippen LogP) is 2.10. The highest BCUT2D eigenvalue weighted by Crippen LogP contribution is 2.24. The molecule has 0 saturated heterocycles. The Morgan fingerprint density at radius 1 is 1.60 bits per heavy atom. The van der Waals surface area contributed by atoms with Crippen molar-refractivity contribution >= 4 is 5.97 Å². The van der Waals surface area contributed by atoms with Gasteiger partial charge in [0, 0.05) is 0 Å². The minimum Gasteiger partial charge on any atom is -0.507 e. The molecule has 0 atom stereocenters. The molecule has 0 heterocycles. The number of allylic oxidation sites excluding steroid dienone is 1. The van der Waals surface area contributed by atoms with Crippen LogP contribution in [0.5, 0.6) is 5.75 Å². The van der Waals surface area contributed by atoms with Gasteiger partial charge in [0.2, 0.25) is 0 Å². The average Bonchev–Trinajstić information content (AvgIpc) is 2.19. The first-order valence-electron chi connectivity index (χ1n) is 4.51. The highest BCUT2D eigenvalue weighted by molar-refractivity contribution is 5.92. The molecule has 0 saturated carbocycles. The van der Waals surface area contributed by atoms with Crippen LogP contribution in [-0.4, -0.2) is 18.2 Å². The molecule has 3 nitrogen and oxygen atoms in total. The number of carbonyl (C=O) groups is 1. The molecule has 1 rings (SSSR count). The monoisotopic (exact) mass is 205 g/mol. The SMILES string of the molecule is C=C(C)Cc1c[c]cc(C(=O)OC)c1O. The lowest BCUT2D eigenvalue weighted by Gasteiger charge is -2.07. The molecule has 0 fully saturated rings. The molecule has 0 bridgehead atoms. The third kappa shape index (κ3) is 2.59. The van der Waals surface area contributed by atoms with Gasteiger partial charge in [-0.1, -0.05) is 12.2 Å². The predicted molar refractivity (Wildman–Crippen MR) is 56.8 cm³/mol. The van der Waals surface area contributed by atoms with Crippen molar-refractivity contribution in [2.24, 2.45) is 0 Å². The summed E-state index contributed by atoms with van der Waals surface area (Å²) in [5.74, 6) is -0.615. The van der Waals surface area contributed by atoms with Crippen molar-refractivity contribution < 1.29 is 14.6 Å². The molecule has 0 unspecified atom stereocenters. The fourth-order valence-corrected chi connectivity index (χ4v) is 1.26. The highest BCUT2D eigenvalue weighted by Gasteiger charge is 2.14. The smallest absolute Gasteiger partial charge is 0.341 e. The number of hydrogen-bond acceptors (Lipinski definition) is 3. The third-order valence-corrected chi connectivity index (χ3v) is 1.94. The van der Waals surface area contributed by atoms with Gasteiger partial charge in [-0.25, -0.2) is 4.79 Å². The normalized spacial score (nSPS) is 9.73. The molecule has 0 aromatic heterocycles. The zero-order valence-corrected chi connectivity index (χ0v) is 8.83. The third-order valence-electron chi connectivity index (χ3n) is 1.94. The summed E-state index contributed by atoms with van der Waals surface area (Å²) in [6.45, 7) is 5.60. The van der Waals surface area contributed by atoms with Crippen molar-refractivity contribution in [3.63, 3.8) is 0 Å². The van der Waals surface area contributed by atoms with Crippen molar-refractivity contribution in [1.29, 1.82) is 0 Å². The minimum absolute atomic E-state index is 0.0522. The summed E-state index contributed by atoms with van der Waals surface area (Å²) in [5, 5.41) is 9.78. The van der Waals surface area contributed by atoms with Crippen LogP contribution in [0.2, 0.25) is 0 Å². The summed E-state index contributed by atoms with van der Waals surface area (Å²) in [6.07, 6.45) is 0.521. The number of phenolic OH excluding ortho intramolecular Hbond substituents is 1. The summed E-state index contributed by atoms with van der Waals surface area (Å²) in [7, 11) is 1.27. The fourth-order valence-electron chi connectivity index (χ4n) is 1.26. The lowest BCUT2D eigenvalue weighted by molar-refractivity contribution is 0.0597. The molecule has 1 N–H and O–H groups in total. The Kier molecular flexibility index (Phi) is 3.50.